The molecule has 0 spiro atoms. The molecule has 0 aromatic heterocycles. The third-order valence-corrected chi connectivity index (χ3v) is 4.04. The maximum absolute atomic E-state index is 13.5. The standard InChI is InChI=1S/C16H15BrClF2N/c1-2-5-21-16(10-6-12(19)9-13(20)7-10)14-8-11(18)3-4-15(14)17/h3-4,6-9,16,21H,2,5H2,1H3. The van der Waals surface area contributed by atoms with Crippen molar-refractivity contribution in [3.05, 3.63) is 68.7 Å². The average molecular weight is 375 g/mol. The highest BCUT2D eigenvalue weighted by Gasteiger charge is 2.18. The van der Waals surface area contributed by atoms with Gasteiger partial charge in [-0.2, -0.15) is 0 Å². The van der Waals surface area contributed by atoms with E-state index < -0.39 is 11.6 Å². The molecule has 0 aliphatic rings. The normalized spacial score (nSPS) is 12.4. The molecular weight excluding hydrogens is 360 g/mol. The zero-order chi connectivity index (χ0) is 15.4. The smallest absolute Gasteiger partial charge is 0.126 e. The fourth-order valence-corrected chi connectivity index (χ4v) is 2.83. The van der Waals surface area contributed by atoms with Gasteiger partial charge in [-0.25, -0.2) is 8.78 Å². The second-order valence-corrected chi connectivity index (χ2v) is 6.05. The molecule has 1 atom stereocenters. The number of halogens is 4. The summed E-state index contributed by atoms with van der Waals surface area (Å²) in [5.41, 5.74) is 1.38. The molecule has 0 bridgehead atoms. The molecule has 1 N–H and O–H groups in total. The summed E-state index contributed by atoms with van der Waals surface area (Å²) in [7, 11) is 0. The lowest BCUT2D eigenvalue weighted by atomic mass is 9.98. The van der Waals surface area contributed by atoms with Crippen molar-refractivity contribution >= 4 is 27.5 Å². The van der Waals surface area contributed by atoms with Crippen LogP contribution in [0.3, 0.4) is 0 Å². The minimum absolute atomic E-state index is 0.330. The van der Waals surface area contributed by atoms with Gasteiger partial charge in [-0.05, 0) is 54.4 Å². The van der Waals surface area contributed by atoms with Gasteiger partial charge in [0.05, 0.1) is 6.04 Å². The van der Waals surface area contributed by atoms with Gasteiger partial charge in [0.15, 0.2) is 0 Å². The number of hydrogen-bond donors (Lipinski definition) is 1. The Kier molecular flexibility index (Phi) is 5.73. The van der Waals surface area contributed by atoms with Gasteiger partial charge in [0.1, 0.15) is 11.6 Å². The number of benzene rings is 2. The lowest BCUT2D eigenvalue weighted by Gasteiger charge is -2.21. The third kappa shape index (κ3) is 4.25. The lowest BCUT2D eigenvalue weighted by molar-refractivity contribution is 0.558. The Morgan fingerprint density at radius 2 is 1.81 bits per heavy atom. The van der Waals surface area contributed by atoms with Crippen LogP contribution in [0.15, 0.2) is 40.9 Å². The van der Waals surface area contributed by atoms with E-state index >= 15 is 0 Å². The monoisotopic (exact) mass is 373 g/mol. The van der Waals surface area contributed by atoms with Crippen molar-refractivity contribution in [1.82, 2.24) is 5.32 Å². The van der Waals surface area contributed by atoms with Gasteiger partial charge in [-0.1, -0.05) is 34.5 Å². The Labute approximate surface area is 136 Å². The van der Waals surface area contributed by atoms with Gasteiger partial charge in [-0.3, -0.25) is 0 Å². The van der Waals surface area contributed by atoms with Crippen LogP contribution in [0.25, 0.3) is 0 Å². The summed E-state index contributed by atoms with van der Waals surface area (Å²) in [5, 5.41) is 3.88. The molecule has 0 aliphatic carbocycles. The summed E-state index contributed by atoms with van der Waals surface area (Å²) in [6.45, 7) is 2.75. The van der Waals surface area contributed by atoms with E-state index in [0.29, 0.717) is 10.6 Å². The van der Waals surface area contributed by atoms with E-state index in [4.69, 9.17) is 11.6 Å². The van der Waals surface area contributed by atoms with Gasteiger partial charge >= 0.3 is 0 Å². The van der Waals surface area contributed by atoms with Crippen LogP contribution >= 0.6 is 27.5 Å². The van der Waals surface area contributed by atoms with Crippen molar-refractivity contribution in [3.8, 4) is 0 Å². The molecular formula is C16H15BrClF2N. The third-order valence-electron chi connectivity index (χ3n) is 3.09. The molecule has 0 fully saturated rings. The van der Waals surface area contributed by atoms with Crippen LogP contribution in [0, 0.1) is 11.6 Å². The summed E-state index contributed by atoms with van der Waals surface area (Å²) < 4.78 is 27.8. The van der Waals surface area contributed by atoms with Crippen molar-refractivity contribution in [2.75, 3.05) is 6.54 Å². The molecule has 5 heteroatoms. The van der Waals surface area contributed by atoms with Crippen LogP contribution in [0.1, 0.15) is 30.5 Å². The zero-order valence-electron chi connectivity index (χ0n) is 11.5. The van der Waals surface area contributed by atoms with Gasteiger partial charge in [0.2, 0.25) is 0 Å². The Hall–Kier alpha value is -0.970. The Balaban J connectivity index is 2.49. The van der Waals surface area contributed by atoms with Crippen LogP contribution < -0.4 is 5.32 Å². The zero-order valence-corrected chi connectivity index (χ0v) is 13.8. The van der Waals surface area contributed by atoms with E-state index in [0.717, 1.165) is 29.1 Å². The van der Waals surface area contributed by atoms with Gasteiger partial charge < -0.3 is 5.32 Å². The minimum atomic E-state index is -0.591. The first kappa shape index (κ1) is 16.4. The highest BCUT2D eigenvalue weighted by Crippen LogP contribution is 2.31. The Morgan fingerprint density at radius 1 is 1.14 bits per heavy atom. The quantitative estimate of drug-likeness (QED) is 0.732. The highest BCUT2D eigenvalue weighted by molar-refractivity contribution is 9.10. The predicted octanol–water partition coefficient (Wildman–Crippen LogP) is 5.47. The molecule has 0 amide bonds. The fraction of sp³-hybridized carbons (Fsp3) is 0.250. The van der Waals surface area contributed by atoms with E-state index in [1.54, 1.807) is 12.1 Å². The van der Waals surface area contributed by atoms with Crippen molar-refractivity contribution in [2.24, 2.45) is 0 Å². The Morgan fingerprint density at radius 3 is 2.43 bits per heavy atom. The molecule has 21 heavy (non-hydrogen) atoms. The van der Waals surface area contributed by atoms with E-state index in [-0.39, 0.29) is 6.04 Å². The van der Waals surface area contributed by atoms with E-state index in [9.17, 15) is 8.78 Å². The van der Waals surface area contributed by atoms with Crippen molar-refractivity contribution in [2.45, 2.75) is 19.4 Å². The van der Waals surface area contributed by atoms with Crippen LogP contribution in [-0.4, -0.2) is 6.54 Å². The average Bonchev–Trinajstić information content (AvgIpc) is 2.42. The van der Waals surface area contributed by atoms with Crippen LogP contribution in [0.2, 0.25) is 5.02 Å². The maximum atomic E-state index is 13.5. The predicted molar refractivity (Wildman–Crippen MR) is 85.6 cm³/mol. The van der Waals surface area contributed by atoms with Gasteiger partial charge in [0, 0.05) is 15.6 Å². The molecule has 0 saturated carbocycles. The summed E-state index contributed by atoms with van der Waals surface area (Å²) >= 11 is 9.52. The molecule has 1 nitrogen and oxygen atoms in total. The van der Waals surface area contributed by atoms with Crippen molar-refractivity contribution < 1.29 is 8.78 Å². The Bertz CT molecular complexity index is 613. The summed E-state index contributed by atoms with van der Waals surface area (Å²) in [6, 6.07) is 8.60. The molecule has 0 radical (unpaired) electrons. The first-order valence-electron chi connectivity index (χ1n) is 6.65. The van der Waals surface area contributed by atoms with Crippen LogP contribution in [-0.2, 0) is 0 Å². The van der Waals surface area contributed by atoms with Gasteiger partial charge in [0.25, 0.3) is 0 Å². The van der Waals surface area contributed by atoms with E-state index in [1.165, 1.54) is 12.1 Å². The van der Waals surface area contributed by atoms with Crippen molar-refractivity contribution in [1.29, 1.82) is 0 Å². The van der Waals surface area contributed by atoms with Crippen LogP contribution in [0.4, 0.5) is 8.78 Å². The minimum Gasteiger partial charge on any atom is -0.306 e. The summed E-state index contributed by atoms with van der Waals surface area (Å²) in [4.78, 5) is 0. The topological polar surface area (TPSA) is 12.0 Å². The first-order chi connectivity index (χ1) is 10.0. The second kappa shape index (κ2) is 7.34. The summed E-state index contributed by atoms with van der Waals surface area (Å²) in [5.74, 6) is -1.18. The molecule has 2 rings (SSSR count). The highest BCUT2D eigenvalue weighted by atomic mass is 79.9. The molecule has 2 aromatic carbocycles. The van der Waals surface area contributed by atoms with E-state index in [1.807, 2.05) is 13.0 Å². The lowest BCUT2D eigenvalue weighted by Crippen LogP contribution is -2.24. The summed E-state index contributed by atoms with van der Waals surface area (Å²) in [6.07, 6.45) is 0.909. The fourth-order valence-electron chi connectivity index (χ4n) is 2.17. The molecule has 0 saturated heterocycles. The largest absolute Gasteiger partial charge is 0.306 e. The van der Waals surface area contributed by atoms with Crippen molar-refractivity contribution in [3.63, 3.8) is 0 Å². The molecule has 112 valence electrons. The second-order valence-electron chi connectivity index (χ2n) is 4.76. The number of rotatable bonds is 5. The molecule has 0 heterocycles. The SMILES string of the molecule is CCCNC(c1cc(F)cc(F)c1)c1cc(Cl)ccc1Br. The molecule has 1 unspecified atom stereocenters. The number of hydrogen-bond acceptors (Lipinski definition) is 1. The van der Waals surface area contributed by atoms with Gasteiger partial charge in [-0.15, -0.1) is 0 Å². The number of nitrogens with one attached hydrogen (secondary N) is 1. The molecule has 2 aromatic rings. The first-order valence-corrected chi connectivity index (χ1v) is 7.82. The van der Waals surface area contributed by atoms with Crippen LogP contribution in [0.5, 0.6) is 0 Å². The van der Waals surface area contributed by atoms with E-state index in [2.05, 4.69) is 21.2 Å². The molecule has 0 aliphatic heterocycles. The maximum Gasteiger partial charge on any atom is 0.126 e.